The van der Waals surface area contributed by atoms with E-state index in [1.165, 1.54) is 4.31 Å². The molecule has 0 aliphatic carbocycles. The third-order valence-electron chi connectivity index (χ3n) is 4.24. The number of nitrogens with zero attached hydrogens (tertiary/aromatic N) is 1. The molecule has 0 radical (unpaired) electrons. The van der Waals surface area contributed by atoms with Crippen molar-refractivity contribution in [3.05, 3.63) is 52.9 Å². The van der Waals surface area contributed by atoms with Crippen LogP contribution in [0.15, 0.2) is 46.0 Å². The Hall–Kier alpha value is -2.23. The number of amides is 2. The molecule has 1 unspecified atom stereocenters. The molecule has 3 rings (SSSR count). The molecule has 3 N–H and O–H groups in total. The number of rotatable bonds is 6. The van der Waals surface area contributed by atoms with E-state index in [0.29, 0.717) is 24.9 Å². The Morgan fingerprint density at radius 1 is 1.27 bits per heavy atom. The molecule has 7 nitrogen and oxygen atoms in total. The number of nitrogens with two attached hydrogens (primary N) is 1. The Labute approximate surface area is 155 Å². The zero-order valence-electron chi connectivity index (χ0n) is 13.9. The molecule has 0 saturated carbocycles. The van der Waals surface area contributed by atoms with Crippen molar-refractivity contribution in [1.29, 1.82) is 0 Å². The summed E-state index contributed by atoms with van der Waals surface area (Å²) in [6, 6.07) is 9.15. The minimum atomic E-state index is -3.66. The van der Waals surface area contributed by atoms with Gasteiger partial charge in [0.25, 0.3) is 10.0 Å². The van der Waals surface area contributed by atoms with Crippen molar-refractivity contribution in [3.63, 3.8) is 0 Å². The topological polar surface area (TPSA) is 110 Å². The second kappa shape index (κ2) is 7.56. The molecule has 2 heterocycles. The molecule has 26 heavy (non-hydrogen) atoms. The summed E-state index contributed by atoms with van der Waals surface area (Å²) in [6.07, 6.45) is 1.12. The van der Waals surface area contributed by atoms with Crippen LogP contribution in [0.3, 0.4) is 0 Å². The largest absolute Gasteiger partial charge is 0.366 e. The van der Waals surface area contributed by atoms with Crippen LogP contribution in [0, 0.1) is 0 Å². The lowest BCUT2D eigenvalue weighted by atomic mass is 10.1. The van der Waals surface area contributed by atoms with Gasteiger partial charge < -0.3 is 11.1 Å². The van der Waals surface area contributed by atoms with E-state index in [0.717, 1.165) is 16.9 Å². The minimum absolute atomic E-state index is 0.198. The average molecular weight is 393 g/mol. The summed E-state index contributed by atoms with van der Waals surface area (Å²) in [7, 11) is -3.66. The molecule has 1 aliphatic rings. The molecule has 0 spiro atoms. The number of benzene rings is 1. The lowest BCUT2D eigenvalue weighted by Gasteiger charge is -2.22. The lowest BCUT2D eigenvalue weighted by molar-refractivity contribution is -0.124. The van der Waals surface area contributed by atoms with E-state index < -0.39 is 22.0 Å². The van der Waals surface area contributed by atoms with E-state index in [2.05, 4.69) is 5.32 Å². The van der Waals surface area contributed by atoms with Gasteiger partial charge in [0.1, 0.15) is 10.3 Å². The Morgan fingerprint density at radius 3 is 2.77 bits per heavy atom. The summed E-state index contributed by atoms with van der Waals surface area (Å²) >= 11 is 1.14. The Balaban J connectivity index is 1.69. The SMILES string of the molecule is NC(=O)c1cccc(CNC(=O)C2CCCN2S(=O)(=O)c2cccs2)c1. The van der Waals surface area contributed by atoms with Gasteiger partial charge in [0.2, 0.25) is 11.8 Å². The number of carbonyl (C=O) groups excluding carboxylic acids is 2. The van der Waals surface area contributed by atoms with Gasteiger partial charge >= 0.3 is 0 Å². The van der Waals surface area contributed by atoms with Crippen LogP contribution in [0.4, 0.5) is 0 Å². The summed E-state index contributed by atoms with van der Waals surface area (Å²) in [5.41, 5.74) is 6.34. The number of carbonyl (C=O) groups is 2. The fraction of sp³-hybridized carbons (Fsp3) is 0.294. The van der Waals surface area contributed by atoms with Gasteiger partial charge in [0, 0.05) is 18.7 Å². The minimum Gasteiger partial charge on any atom is -0.366 e. The van der Waals surface area contributed by atoms with E-state index in [-0.39, 0.29) is 16.7 Å². The smallest absolute Gasteiger partial charge is 0.253 e. The second-order valence-electron chi connectivity index (χ2n) is 5.99. The highest BCUT2D eigenvalue weighted by Crippen LogP contribution is 2.28. The van der Waals surface area contributed by atoms with Crippen molar-refractivity contribution in [3.8, 4) is 0 Å². The van der Waals surface area contributed by atoms with Crippen molar-refractivity contribution in [2.45, 2.75) is 29.6 Å². The fourth-order valence-corrected chi connectivity index (χ4v) is 5.73. The highest BCUT2D eigenvalue weighted by Gasteiger charge is 2.39. The van der Waals surface area contributed by atoms with Gasteiger partial charge in [-0.25, -0.2) is 8.42 Å². The second-order valence-corrected chi connectivity index (χ2v) is 9.05. The third kappa shape index (κ3) is 3.79. The first kappa shape index (κ1) is 18.6. The summed E-state index contributed by atoms with van der Waals surface area (Å²) in [6.45, 7) is 0.527. The van der Waals surface area contributed by atoms with Crippen LogP contribution in [0.1, 0.15) is 28.8 Å². The van der Waals surface area contributed by atoms with Crippen LogP contribution < -0.4 is 11.1 Å². The molecule has 2 amide bonds. The van der Waals surface area contributed by atoms with Gasteiger partial charge in [-0.3, -0.25) is 9.59 Å². The third-order valence-corrected chi connectivity index (χ3v) is 7.52. The van der Waals surface area contributed by atoms with Crippen LogP contribution in [-0.4, -0.2) is 37.1 Å². The van der Waals surface area contributed by atoms with Crippen molar-refractivity contribution in [2.75, 3.05) is 6.54 Å². The van der Waals surface area contributed by atoms with Gasteiger partial charge in [0.05, 0.1) is 0 Å². The molecule has 138 valence electrons. The maximum absolute atomic E-state index is 12.7. The average Bonchev–Trinajstić information content (AvgIpc) is 3.31. The van der Waals surface area contributed by atoms with Gasteiger partial charge in [-0.1, -0.05) is 18.2 Å². The first-order chi connectivity index (χ1) is 12.4. The highest BCUT2D eigenvalue weighted by molar-refractivity contribution is 7.91. The number of hydrogen-bond acceptors (Lipinski definition) is 5. The first-order valence-corrected chi connectivity index (χ1v) is 10.4. The monoisotopic (exact) mass is 393 g/mol. The zero-order valence-corrected chi connectivity index (χ0v) is 15.6. The molecular weight excluding hydrogens is 374 g/mol. The maximum atomic E-state index is 12.7. The van der Waals surface area contributed by atoms with Crippen LogP contribution in [0.25, 0.3) is 0 Å². The summed E-state index contributed by atoms with van der Waals surface area (Å²) in [4.78, 5) is 23.8. The number of sulfonamides is 1. The molecule has 1 aliphatic heterocycles. The van der Waals surface area contributed by atoms with Crippen LogP contribution in [0.5, 0.6) is 0 Å². The van der Waals surface area contributed by atoms with Gasteiger partial charge in [-0.15, -0.1) is 11.3 Å². The standard InChI is InChI=1S/C17H19N3O4S2/c18-16(21)13-5-1-4-12(10-13)11-19-17(22)14-6-2-8-20(14)26(23,24)15-7-3-9-25-15/h1,3-5,7,9-10,14H,2,6,8,11H2,(H2,18,21)(H,19,22). The molecule has 2 aromatic rings. The number of nitrogens with one attached hydrogen (secondary N) is 1. The van der Waals surface area contributed by atoms with E-state index in [9.17, 15) is 18.0 Å². The Morgan fingerprint density at radius 2 is 2.08 bits per heavy atom. The number of thiophene rings is 1. The van der Waals surface area contributed by atoms with E-state index >= 15 is 0 Å². The molecule has 1 saturated heterocycles. The quantitative estimate of drug-likeness (QED) is 0.771. The predicted octanol–water partition coefficient (Wildman–Crippen LogP) is 1.32. The van der Waals surface area contributed by atoms with E-state index in [1.807, 2.05) is 0 Å². The maximum Gasteiger partial charge on any atom is 0.253 e. The molecular formula is C17H19N3O4S2. The fourth-order valence-electron chi connectivity index (χ4n) is 2.96. The van der Waals surface area contributed by atoms with Gasteiger partial charge in [0.15, 0.2) is 0 Å². The lowest BCUT2D eigenvalue weighted by Crippen LogP contribution is -2.45. The zero-order chi connectivity index (χ0) is 18.7. The molecule has 9 heteroatoms. The normalized spacial score (nSPS) is 17.9. The highest BCUT2D eigenvalue weighted by atomic mass is 32.2. The summed E-state index contributed by atoms with van der Waals surface area (Å²) in [5.74, 6) is -0.880. The van der Waals surface area contributed by atoms with Crippen molar-refractivity contribution >= 4 is 33.2 Å². The number of primary amides is 1. The van der Waals surface area contributed by atoms with E-state index in [1.54, 1.807) is 41.8 Å². The van der Waals surface area contributed by atoms with Crippen molar-refractivity contribution in [1.82, 2.24) is 9.62 Å². The first-order valence-electron chi connectivity index (χ1n) is 8.11. The van der Waals surface area contributed by atoms with Gasteiger partial charge in [-0.2, -0.15) is 4.31 Å². The van der Waals surface area contributed by atoms with Crippen molar-refractivity contribution in [2.24, 2.45) is 5.73 Å². The molecule has 0 bridgehead atoms. The van der Waals surface area contributed by atoms with Crippen molar-refractivity contribution < 1.29 is 18.0 Å². The molecule has 1 atom stereocenters. The predicted molar refractivity (Wildman–Crippen MR) is 98.0 cm³/mol. The van der Waals surface area contributed by atoms with Crippen LogP contribution in [0.2, 0.25) is 0 Å². The summed E-state index contributed by atoms with van der Waals surface area (Å²) < 4.78 is 26.9. The molecule has 1 aromatic carbocycles. The van der Waals surface area contributed by atoms with Crippen LogP contribution in [-0.2, 0) is 21.4 Å². The van der Waals surface area contributed by atoms with E-state index in [4.69, 9.17) is 5.73 Å². The Kier molecular flexibility index (Phi) is 5.40. The molecule has 1 aromatic heterocycles. The number of hydrogen-bond donors (Lipinski definition) is 2. The summed E-state index contributed by atoms with van der Waals surface area (Å²) in [5, 5.41) is 4.46. The molecule has 1 fully saturated rings. The Bertz CT molecular complexity index is 910. The van der Waals surface area contributed by atoms with Crippen LogP contribution >= 0.6 is 11.3 Å². The van der Waals surface area contributed by atoms with Gasteiger partial charge in [-0.05, 0) is 42.0 Å².